The van der Waals surface area contributed by atoms with Crippen LogP contribution in [0.5, 0.6) is 0 Å². The van der Waals surface area contributed by atoms with Crippen LogP contribution in [0.2, 0.25) is 0 Å². The number of hydrogen-bond donors (Lipinski definition) is 2. The maximum atomic E-state index is 8.87. The Morgan fingerprint density at radius 3 is 2.00 bits per heavy atom. The normalized spacial score (nSPS) is 22.1. The molecule has 0 aromatic rings. The minimum absolute atomic E-state index is 0. The fourth-order valence-electron chi connectivity index (χ4n) is 0.807. The summed E-state index contributed by atoms with van der Waals surface area (Å²) < 4.78 is 0. The van der Waals surface area contributed by atoms with E-state index in [1.54, 1.807) is 0 Å². The van der Waals surface area contributed by atoms with Gasteiger partial charge in [-0.25, -0.2) is 0 Å². The summed E-state index contributed by atoms with van der Waals surface area (Å²) in [6, 6.07) is 0. The fourth-order valence-corrected chi connectivity index (χ4v) is 0.807. The average Bonchev–Trinajstić information content (AvgIpc) is 1.69. The molecule has 2 N–H and O–H groups in total. The van der Waals surface area contributed by atoms with Crippen LogP contribution in [0.25, 0.3) is 0 Å². The molecular weight excluding hydrogens is 113 g/mol. The molecule has 2 nitrogen and oxygen atoms in total. The summed E-state index contributed by atoms with van der Waals surface area (Å²) in [5, 5.41) is 12.0. The molecule has 0 aromatic carbocycles. The summed E-state index contributed by atoms with van der Waals surface area (Å²) in [7, 11) is 0. The molecule has 1 aliphatic heterocycles. The van der Waals surface area contributed by atoms with Crippen LogP contribution < -0.4 is 5.32 Å². The van der Waals surface area contributed by atoms with Crippen LogP contribution in [0.4, 0.5) is 0 Å². The van der Waals surface area contributed by atoms with E-state index in [-0.39, 0.29) is 35.7 Å². The van der Waals surface area contributed by atoms with E-state index in [1.165, 1.54) is 0 Å². The van der Waals surface area contributed by atoms with Crippen molar-refractivity contribution in [3.8, 4) is 0 Å². The summed E-state index contributed by atoms with van der Waals surface area (Å²) in [5.74, 6) is 0. The molecule has 0 aliphatic carbocycles. The zero-order chi connectivity index (χ0) is 5.11. The Labute approximate surface area is 72.0 Å². The van der Waals surface area contributed by atoms with Gasteiger partial charge in [0.2, 0.25) is 0 Å². The first-order chi connectivity index (χ1) is 3.39. The topological polar surface area (TPSA) is 32.3 Å². The van der Waals surface area contributed by atoms with Crippen LogP contribution >= 0.6 is 0 Å². The van der Waals surface area contributed by atoms with Crippen molar-refractivity contribution in [2.24, 2.45) is 0 Å². The predicted molar refractivity (Wildman–Crippen MR) is 35.3 cm³/mol. The Morgan fingerprint density at radius 1 is 1.25 bits per heavy atom. The summed E-state index contributed by atoms with van der Waals surface area (Å²) in [4.78, 5) is 0. The number of piperidine rings is 1. The fraction of sp³-hybridized carbons (Fsp3) is 1.00. The second kappa shape index (κ2) is 4.77. The van der Waals surface area contributed by atoms with Gasteiger partial charge >= 0.3 is 29.6 Å². The van der Waals surface area contributed by atoms with E-state index < -0.39 is 0 Å². The third-order valence-electron chi connectivity index (χ3n) is 1.31. The van der Waals surface area contributed by atoms with Crippen molar-refractivity contribution >= 4 is 29.6 Å². The molecule has 0 spiro atoms. The van der Waals surface area contributed by atoms with Crippen molar-refractivity contribution in [2.75, 3.05) is 13.1 Å². The summed E-state index contributed by atoms with van der Waals surface area (Å²) in [6.45, 7) is 1.97. The Bertz CT molecular complexity index is 54.4. The van der Waals surface area contributed by atoms with Crippen molar-refractivity contribution in [3.63, 3.8) is 0 Å². The Morgan fingerprint density at radius 2 is 1.75 bits per heavy atom. The number of rotatable bonds is 0. The van der Waals surface area contributed by atoms with Gasteiger partial charge in [0.05, 0.1) is 6.10 Å². The molecule has 0 unspecified atom stereocenters. The Balaban J connectivity index is 0.000000490. The predicted octanol–water partition coefficient (Wildman–Crippen LogP) is -0.918. The van der Waals surface area contributed by atoms with Gasteiger partial charge in [-0.1, -0.05) is 0 Å². The first kappa shape index (κ1) is 8.92. The summed E-state index contributed by atoms with van der Waals surface area (Å²) in [5.41, 5.74) is 0. The quantitative estimate of drug-likeness (QED) is 0.410. The van der Waals surface area contributed by atoms with Gasteiger partial charge in [0, 0.05) is 0 Å². The Hall–Kier alpha value is 0.920. The number of hydrogen-bond acceptors (Lipinski definition) is 2. The van der Waals surface area contributed by atoms with Crippen molar-refractivity contribution in [1.82, 2.24) is 5.32 Å². The molecule has 0 radical (unpaired) electrons. The third kappa shape index (κ3) is 3.05. The molecule has 1 saturated heterocycles. The molecule has 1 heterocycles. The molecule has 0 atom stereocenters. The summed E-state index contributed by atoms with van der Waals surface area (Å²) in [6.07, 6.45) is 1.83. The summed E-state index contributed by atoms with van der Waals surface area (Å²) >= 11 is 0. The zero-order valence-electron chi connectivity index (χ0n) is 4.35. The standard InChI is InChI=1S/C5H11NO.Na.H/c7-5-1-3-6-4-2-5;;/h5-7H,1-4H2;;. The molecule has 1 fully saturated rings. The SMILES string of the molecule is OC1CCNCC1.[NaH]. The second-order valence-electron chi connectivity index (χ2n) is 1.98. The zero-order valence-corrected chi connectivity index (χ0v) is 4.35. The molecule has 0 aromatic heterocycles. The van der Waals surface area contributed by atoms with Gasteiger partial charge in [-0.3, -0.25) is 0 Å². The van der Waals surface area contributed by atoms with Gasteiger partial charge in [-0.05, 0) is 25.9 Å². The van der Waals surface area contributed by atoms with E-state index in [9.17, 15) is 0 Å². The molecule has 0 bridgehead atoms. The molecule has 0 amide bonds. The van der Waals surface area contributed by atoms with Crippen LogP contribution in [-0.2, 0) is 0 Å². The van der Waals surface area contributed by atoms with Gasteiger partial charge in [-0.2, -0.15) is 0 Å². The third-order valence-corrected chi connectivity index (χ3v) is 1.31. The van der Waals surface area contributed by atoms with Gasteiger partial charge in [0.25, 0.3) is 0 Å². The molecule has 8 heavy (non-hydrogen) atoms. The van der Waals surface area contributed by atoms with Crippen molar-refractivity contribution in [2.45, 2.75) is 18.9 Å². The first-order valence-corrected chi connectivity index (χ1v) is 2.78. The van der Waals surface area contributed by atoms with Crippen LogP contribution in [0, 0.1) is 0 Å². The van der Waals surface area contributed by atoms with Crippen LogP contribution in [0.1, 0.15) is 12.8 Å². The van der Waals surface area contributed by atoms with E-state index >= 15 is 0 Å². The van der Waals surface area contributed by atoms with Crippen molar-refractivity contribution < 1.29 is 5.11 Å². The number of aliphatic hydroxyl groups excluding tert-OH is 1. The maximum absolute atomic E-state index is 8.87. The first-order valence-electron chi connectivity index (χ1n) is 2.78. The van der Waals surface area contributed by atoms with Crippen LogP contribution in [0.15, 0.2) is 0 Å². The van der Waals surface area contributed by atoms with Crippen molar-refractivity contribution in [1.29, 1.82) is 0 Å². The van der Waals surface area contributed by atoms with Crippen LogP contribution in [0.3, 0.4) is 0 Å². The van der Waals surface area contributed by atoms with Gasteiger partial charge in [0.1, 0.15) is 0 Å². The number of aliphatic hydroxyl groups is 1. The molecule has 3 heteroatoms. The molecular formula is C5H12NNaO. The van der Waals surface area contributed by atoms with Gasteiger partial charge < -0.3 is 10.4 Å². The van der Waals surface area contributed by atoms with E-state index in [2.05, 4.69) is 5.32 Å². The van der Waals surface area contributed by atoms with Crippen molar-refractivity contribution in [3.05, 3.63) is 0 Å². The van der Waals surface area contributed by atoms with E-state index in [4.69, 9.17) is 5.11 Å². The molecule has 0 saturated carbocycles. The Kier molecular flexibility index (Phi) is 5.31. The van der Waals surface area contributed by atoms with E-state index in [0.29, 0.717) is 0 Å². The monoisotopic (exact) mass is 125 g/mol. The van der Waals surface area contributed by atoms with Gasteiger partial charge in [0.15, 0.2) is 0 Å². The minimum atomic E-state index is -0.0266. The average molecular weight is 125 g/mol. The van der Waals surface area contributed by atoms with E-state index in [0.717, 1.165) is 25.9 Å². The van der Waals surface area contributed by atoms with Crippen LogP contribution in [-0.4, -0.2) is 53.9 Å². The van der Waals surface area contributed by atoms with Gasteiger partial charge in [-0.15, -0.1) is 0 Å². The number of nitrogens with one attached hydrogen (secondary N) is 1. The molecule has 1 rings (SSSR count). The molecule has 1 aliphatic rings. The second-order valence-corrected chi connectivity index (χ2v) is 1.98. The molecule has 44 valence electrons. The van der Waals surface area contributed by atoms with E-state index in [1.807, 2.05) is 0 Å².